The molecule has 26 heavy (non-hydrogen) atoms. The minimum Gasteiger partial charge on any atom is -0.485 e. The number of aryl methyl sites for hydroxylation is 1. The second kappa shape index (κ2) is 7.99. The quantitative estimate of drug-likeness (QED) is 0.871. The number of carbonyl (C=O) groups excluding carboxylic acids is 2. The van der Waals surface area contributed by atoms with Crippen LogP contribution in [-0.4, -0.2) is 46.0 Å². The summed E-state index contributed by atoms with van der Waals surface area (Å²) in [4.78, 5) is 30.2. The zero-order valence-electron chi connectivity index (χ0n) is 14.9. The fourth-order valence-electron chi connectivity index (χ4n) is 2.79. The molecule has 0 radical (unpaired) electrons. The lowest BCUT2D eigenvalue weighted by Crippen LogP contribution is -2.39. The number of amides is 2. The molecule has 1 unspecified atom stereocenters. The Morgan fingerprint density at radius 2 is 2.15 bits per heavy atom. The number of ether oxygens (including phenoxy) is 1. The van der Waals surface area contributed by atoms with Crippen molar-refractivity contribution >= 4 is 11.8 Å². The summed E-state index contributed by atoms with van der Waals surface area (Å²) in [5.74, 6) is 1.56. The van der Waals surface area contributed by atoms with Crippen molar-refractivity contribution in [2.45, 2.75) is 39.3 Å². The molecule has 1 aliphatic heterocycles. The lowest BCUT2D eigenvalue weighted by atomic mass is 10.1. The summed E-state index contributed by atoms with van der Waals surface area (Å²) in [6.07, 6.45) is 0.997. The van der Waals surface area contributed by atoms with Crippen molar-refractivity contribution in [1.29, 1.82) is 0 Å². The molecule has 0 saturated carbocycles. The molecule has 1 fully saturated rings. The third kappa shape index (κ3) is 4.19. The van der Waals surface area contributed by atoms with Crippen LogP contribution in [0.1, 0.15) is 42.3 Å². The first-order valence-corrected chi connectivity index (χ1v) is 8.68. The van der Waals surface area contributed by atoms with Crippen LogP contribution >= 0.6 is 0 Å². The van der Waals surface area contributed by atoms with E-state index in [4.69, 9.17) is 9.26 Å². The fraction of sp³-hybridized carbons (Fsp3) is 0.444. The third-order valence-corrected chi connectivity index (χ3v) is 4.23. The number of hydrogen-bond acceptors (Lipinski definition) is 6. The van der Waals surface area contributed by atoms with Crippen LogP contribution in [0.3, 0.4) is 0 Å². The van der Waals surface area contributed by atoms with Gasteiger partial charge in [0, 0.05) is 37.5 Å². The van der Waals surface area contributed by atoms with Crippen LogP contribution in [0.2, 0.25) is 0 Å². The van der Waals surface area contributed by atoms with Gasteiger partial charge in [-0.05, 0) is 31.2 Å². The van der Waals surface area contributed by atoms with E-state index in [1.165, 1.54) is 0 Å². The maximum atomic E-state index is 12.7. The Labute approximate surface area is 151 Å². The highest BCUT2D eigenvalue weighted by Gasteiger charge is 2.25. The minimum absolute atomic E-state index is 0.0238. The number of rotatable bonds is 5. The molecule has 1 aromatic carbocycles. The average Bonchev–Trinajstić information content (AvgIpc) is 3.04. The molecule has 0 aliphatic carbocycles. The van der Waals surface area contributed by atoms with Gasteiger partial charge in [-0.15, -0.1) is 0 Å². The van der Waals surface area contributed by atoms with Gasteiger partial charge in [0.2, 0.25) is 17.6 Å². The smallest absolute Gasteiger partial charge is 0.254 e. The predicted molar refractivity (Wildman–Crippen MR) is 92.6 cm³/mol. The SMILES string of the molecule is CCc1nc(COc2ccc(C(=O)N3CCNC(=O)CC3C)cc2)no1. The van der Waals surface area contributed by atoms with E-state index in [9.17, 15) is 9.59 Å². The summed E-state index contributed by atoms with van der Waals surface area (Å²) >= 11 is 0. The number of hydrogen-bond donors (Lipinski definition) is 1. The van der Waals surface area contributed by atoms with Crippen molar-refractivity contribution in [3.63, 3.8) is 0 Å². The maximum Gasteiger partial charge on any atom is 0.254 e. The Balaban J connectivity index is 1.61. The van der Waals surface area contributed by atoms with Gasteiger partial charge >= 0.3 is 0 Å². The number of benzene rings is 1. The van der Waals surface area contributed by atoms with Crippen LogP contribution in [-0.2, 0) is 17.8 Å². The molecule has 3 rings (SSSR count). The van der Waals surface area contributed by atoms with Gasteiger partial charge in [0.25, 0.3) is 5.91 Å². The van der Waals surface area contributed by atoms with Crippen molar-refractivity contribution in [3.05, 3.63) is 41.5 Å². The van der Waals surface area contributed by atoms with E-state index in [1.807, 2.05) is 13.8 Å². The molecule has 1 N–H and O–H groups in total. The Morgan fingerprint density at radius 1 is 1.38 bits per heavy atom. The lowest BCUT2D eigenvalue weighted by Gasteiger charge is -2.26. The van der Waals surface area contributed by atoms with Gasteiger partial charge in [-0.25, -0.2) is 0 Å². The van der Waals surface area contributed by atoms with Crippen LogP contribution in [0.5, 0.6) is 5.75 Å². The van der Waals surface area contributed by atoms with Gasteiger partial charge in [-0.3, -0.25) is 9.59 Å². The van der Waals surface area contributed by atoms with Crippen molar-refractivity contribution in [1.82, 2.24) is 20.4 Å². The van der Waals surface area contributed by atoms with E-state index in [-0.39, 0.29) is 24.5 Å². The molecule has 2 aromatic rings. The van der Waals surface area contributed by atoms with Crippen LogP contribution in [0.15, 0.2) is 28.8 Å². The van der Waals surface area contributed by atoms with Gasteiger partial charge in [0.15, 0.2) is 6.61 Å². The van der Waals surface area contributed by atoms with Crippen LogP contribution in [0, 0.1) is 0 Å². The zero-order chi connectivity index (χ0) is 18.5. The second-order valence-corrected chi connectivity index (χ2v) is 6.17. The predicted octanol–water partition coefficient (Wildman–Crippen LogP) is 1.56. The summed E-state index contributed by atoms with van der Waals surface area (Å²) in [5, 5.41) is 6.61. The van der Waals surface area contributed by atoms with Crippen molar-refractivity contribution in [3.8, 4) is 5.75 Å². The summed E-state index contributed by atoms with van der Waals surface area (Å²) in [6, 6.07) is 6.78. The lowest BCUT2D eigenvalue weighted by molar-refractivity contribution is -0.121. The van der Waals surface area contributed by atoms with Gasteiger partial charge in [0.05, 0.1) is 0 Å². The maximum absolute atomic E-state index is 12.7. The largest absolute Gasteiger partial charge is 0.485 e. The fourth-order valence-corrected chi connectivity index (χ4v) is 2.79. The van der Waals surface area contributed by atoms with E-state index in [2.05, 4.69) is 15.5 Å². The molecule has 1 aromatic heterocycles. The van der Waals surface area contributed by atoms with E-state index in [1.54, 1.807) is 29.2 Å². The minimum atomic E-state index is -0.132. The highest BCUT2D eigenvalue weighted by atomic mass is 16.5. The molecule has 2 amide bonds. The number of carbonyl (C=O) groups is 2. The molecule has 0 bridgehead atoms. The second-order valence-electron chi connectivity index (χ2n) is 6.17. The molecule has 1 aliphatic rings. The van der Waals surface area contributed by atoms with E-state index in [0.29, 0.717) is 49.0 Å². The first-order valence-electron chi connectivity index (χ1n) is 8.68. The summed E-state index contributed by atoms with van der Waals surface area (Å²) < 4.78 is 10.6. The average molecular weight is 358 g/mol. The highest BCUT2D eigenvalue weighted by molar-refractivity contribution is 5.95. The number of nitrogens with one attached hydrogen (secondary N) is 1. The Bertz CT molecular complexity index is 772. The zero-order valence-corrected chi connectivity index (χ0v) is 14.9. The molecular weight excluding hydrogens is 336 g/mol. The van der Waals surface area contributed by atoms with Crippen LogP contribution in [0.25, 0.3) is 0 Å². The number of aromatic nitrogens is 2. The van der Waals surface area contributed by atoms with Gasteiger partial charge in [-0.1, -0.05) is 12.1 Å². The van der Waals surface area contributed by atoms with Gasteiger partial charge in [0.1, 0.15) is 5.75 Å². The van der Waals surface area contributed by atoms with Gasteiger partial charge < -0.3 is 19.5 Å². The van der Waals surface area contributed by atoms with E-state index in [0.717, 1.165) is 0 Å². The van der Waals surface area contributed by atoms with E-state index < -0.39 is 0 Å². The van der Waals surface area contributed by atoms with Crippen LogP contribution < -0.4 is 10.1 Å². The Morgan fingerprint density at radius 3 is 2.85 bits per heavy atom. The van der Waals surface area contributed by atoms with Crippen molar-refractivity contribution < 1.29 is 18.8 Å². The molecular formula is C18H22N4O4. The monoisotopic (exact) mass is 358 g/mol. The first-order chi connectivity index (χ1) is 12.6. The topological polar surface area (TPSA) is 97.6 Å². The van der Waals surface area contributed by atoms with Crippen molar-refractivity contribution in [2.24, 2.45) is 0 Å². The Kier molecular flexibility index (Phi) is 5.50. The molecule has 2 heterocycles. The molecule has 1 saturated heterocycles. The first kappa shape index (κ1) is 17.9. The molecule has 0 spiro atoms. The summed E-state index contributed by atoms with van der Waals surface area (Å²) in [6.45, 7) is 5.00. The summed E-state index contributed by atoms with van der Waals surface area (Å²) in [7, 11) is 0. The highest BCUT2D eigenvalue weighted by Crippen LogP contribution is 2.17. The molecule has 138 valence electrons. The molecule has 8 heteroatoms. The Hall–Kier alpha value is -2.90. The van der Waals surface area contributed by atoms with Crippen molar-refractivity contribution in [2.75, 3.05) is 13.1 Å². The standard InChI is InChI=1S/C18H22N4O4/c1-3-17-20-15(21-26-17)11-25-14-6-4-13(5-7-14)18(24)22-9-8-19-16(23)10-12(22)2/h4-7,12H,3,8-11H2,1-2H3,(H,19,23). The van der Waals surface area contributed by atoms with E-state index >= 15 is 0 Å². The normalized spacial score (nSPS) is 17.5. The number of nitrogens with zero attached hydrogens (tertiary/aromatic N) is 3. The van der Waals surface area contributed by atoms with Gasteiger partial charge in [-0.2, -0.15) is 4.98 Å². The van der Waals surface area contributed by atoms with Crippen LogP contribution in [0.4, 0.5) is 0 Å². The molecule has 1 atom stereocenters. The molecule has 8 nitrogen and oxygen atoms in total. The summed E-state index contributed by atoms with van der Waals surface area (Å²) in [5.41, 5.74) is 0.561. The third-order valence-electron chi connectivity index (χ3n) is 4.23.